The molecule has 1 heterocycles. The van der Waals surface area contributed by atoms with Gasteiger partial charge in [-0.1, -0.05) is 140 Å². The van der Waals surface area contributed by atoms with Gasteiger partial charge >= 0.3 is 35.0 Å². The minimum absolute atomic E-state index is 0.138. The van der Waals surface area contributed by atoms with Crippen LogP contribution < -0.4 is 17.1 Å². The smallest absolute Gasteiger partial charge is 0.342 e. The van der Waals surface area contributed by atoms with Crippen molar-refractivity contribution in [3.05, 3.63) is 118 Å². The molecule has 0 fully saturated rings. The molecule has 6 atom stereocenters. The van der Waals surface area contributed by atoms with Gasteiger partial charge in [0, 0.05) is 0 Å². The van der Waals surface area contributed by atoms with Crippen LogP contribution in [0.5, 0.6) is 17.2 Å². The van der Waals surface area contributed by atoms with E-state index in [1.807, 2.05) is 104 Å². The molecule has 4 aromatic rings. The molecule has 15 heteroatoms. The van der Waals surface area contributed by atoms with E-state index in [2.05, 4.69) is 0 Å². The van der Waals surface area contributed by atoms with Gasteiger partial charge in [0.05, 0.1) is 17.8 Å². The third-order valence-corrected chi connectivity index (χ3v) is 13.7. The number of hydrogen-bond acceptors (Lipinski definition) is 12. The van der Waals surface area contributed by atoms with E-state index in [4.69, 9.17) is 14.2 Å². The fourth-order valence-electron chi connectivity index (χ4n) is 9.31. The fraction of sp³-hybridized carbons (Fsp3) is 0.600. The number of benzene rings is 3. The highest BCUT2D eigenvalue weighted by Gasteiger charge is 2.34. The van der Waals surface area contributed by atoms with Gasteiger partial charge < -0.3 is 29.5 Å². The molecule has 4 rings (SSSR count). The normalized spacial score (nSPS) is 14.9. The first-order valence-corrected chi connectivity index (χ1v) is 26.5. The highest BCUT2D eigenvalue weighted by atomic mass is 16.6. The number of ether oxygens (including phenoxy) is 3. The van der Waals surface area contributed by atoms with Gasteiger partial charge in [0.1, 0.15) is 17.2 Å². The lowest BCUT2D eigenvalue weighted by atomic mass is 9.81. The average molecular weight is 1040 g/mol. The third-order valence-electron chi connectivity index (χ3n) is 13.7. The van der Waals surface area contributed by atoms with Crippen LogP contribution in [0.25, 0.3) is 0 Å². The lowest BCUT2D eigenvalue weighted by Gasteiger charge is -2.27. The molecule has 0 saturated heterocycles. The molecular formula is C60H87N3O12. The Balaban J connectivity index is 1.87. The van der Waals surface area contributed by atoms with Crippen molar-refractivity contribution < 1.29 is 43.9 Å². The van der Waals surface area contributed by atoms with Crippen LogP contribution in [0.3, 0.4) is 0 Å². The highest BCUT2D eigenvalue weighted by molar-refractivity contribution is 5.79. The van der Waals surface area contributed by atoms with Crippen molar-refractivity contribution in [2.45, 2.75) is 217 Å². The number of aromatic hydroxyl groups is 3. The van der Waals surface area contributed by atoms with E-state index in [-0.39, 0.29) is 35.0 Å². The van der Waals surface area contributed by atoms with Crippen LogP contribution in [0.1, 0.15) is 232 Å². The zero-order chi connectivity index (χ0) is 57.3. The molecular weight excluding hydrogens is 955 g/mol. The van der Waals surface area contributed by atoms with Crippen molar-refractivity contribution >= 4 is 17.9 Å². The molecule has 0 aliphatic carbocycles. The minimum atomic E-state index is -1.67. The molecule has 0 spiro atoms. The largest absolute Gasteiger partial charge is 0.507 e. The van der Waals surface area contributed by atoms with Crippen molar-refractivity contribution in [1.29, 1.82) is 0 Å². The predicted molar refractivity (Wildman–Crippen MR) is 293 cm³/mol. The minimum Gasteiger partial charge on any atom is -0.507 e. The molecule has 0 radical (unpaired) electrons. The maximum absolute atomic E-state index is 14.7. The van der Waals surface area contributed by atoms with Crippen LogP contribution in [-0.2, 0) is 64.1 Å². The molecule has 0 aliphatic heterocycles. The number of hydrogen-bond donors (Lipinski definition) is 3. The summed E-state index contributed by atoms with van der Waals surface area (Å²) in [5.41, 5.74) is 0.0701. The Morgan fingerprint density at radius 2 is 0.600 bits per heavy atom. The Hall–Kier alpha value is -6.12. The molecule has 3 aromatic carbocycles. The standard InChI is InChI=1S/C60H87N3O12/c1-31(2)22-43-25-40(28-46(49(43)64)58(13,14)15)34(7)52(67)73-37(10)61-55(70)62(38(11)74-53(68)35(8)41-26-44(23-32(3)4)50(65)47(29-41)59(16,17)18)57(72)63(56(61)71)39(12)75-54(69)36(9)42-27-45(24-33(5)6)51(66)48(30-42)60(19,20)21/h25-39,64-66H,22-24H2,1-21H3. The van der Waals surface area contributed by atoms with E-state index in [9.17, 15) is 44.1 Å². The first-order chi connectivity index (χ1) is 34.3. The maximum Gasteiger partial charge on any atom is 0.342 e. The summed E-state index contributed by atoms with van der Waals surface area (Å²) in [5.74, 6) is -4.46. The fourth-order valence-corrected chi connectivity index (χ4v) is 9.31. The SMILES string of the molecule is CC(C)Cc1cc(C(C)C(=O)OC(C)n2c(=O)n(C(C)OC(=O)C(C)c3cc(CC(C)C)c(O)c(C(C)(C)C)c3)c(=O)n(C(C)OC(=O)C(C)c3cc(CC(C)C)c(O)c(C(C)(C)C)c3)c2=O)cc(C(C)(C)C)c1O. The third kappa shape index (κ3) is 14.2. The molecule has 0 amide bonds. The van der Waals surface area contributed by atoms with Gasteiger partial charge in [0.25, 0.3) is 0 Å². The lowest BCUT2D eigenvalue weighted by Crippen LogP contribution is -2.57. The molecule has 0 bridgehead atoms. The summed E-state index contributed by atoms with van der Waals surface area (Å²) in [6, 6.07) is 10.5. The van der Waals surface area contributed by atoms with Gasteiger partial charge in [-0.15, -0.1) is 0 Å². The summed E-state index contributed by atoms with van der Waals surface area (Å²) < 4.78 is 19.3. The first kappa shape index (κ1) is 61.4. The Morgan fingerprint density at radius 3 is 0.773 bits per heavy atom. The number of carbonyl (C=O) groups excluding carboxylic acids is 3. The number of rotatable bonds is 18. The molecule has 0 aliphatic rings. The lowest BCUT2D eigenvalue weighted by molar-refractivity contribution is -0.156. The van der Waals surface area contributed by atoms with E-state index >= 15 is 0 Å². The van der Waals surface area contributed by atoms with Crippen LogP contribution in [0, 0.1) is 17.8 Å². The molecule has 6 unspecified atom stereocenters. The van der Waals surface area contributed by atoms with Gasteiger partial charge in [-0.25, -0.2) is 28.1 Å². The van der Waals surface area contributed by atoms with E-state index < -0.39 is 87.7 Å². The van der Waals surface area contributed by atoms with Crippen molar-refractivity contribution in [2.75, 3.05) is 0 Å². The van der Waals surface area contributed by atoms with Gasteiger partial charge in [0.2, 0.25) is 0 Å². The second-order valence-corrected chi connectivity index (χ2v) is 25.0. The summed E-state index contributed by atoms with van der Waals surface area (Å²) in [6.45, 7) is 38.3. The number of carbonyl (C=O) groups is 3. The molecule has 1 aromatic heterocycles. The van der Waals surface area contributed by atoms with Gasteiger partial charge in [-0.2, -0.15) is 0 Å². The summed E-state index contributed by atoms with van der Waals surface area (Å²) in [7, 11) is 0. The molecule has 3 N–H and O–H groups in total. The van der Waals surface area contributed by atoms with Crippen molar-refractivity contribution in [3.63, 3.8) is 0 Å². The van der Waals surface area contributed by atoms with Crippen LogP contribution in [0.15, 0.2) is 50.8 Å². The van der Waals surface area contributed by atoms with Crippen LogP contribution in [0.2, 0.25) is 0 Å². The molecule has 0 saturated carbocycles. The Labute approximate surface area is 444 Å². The second-order valence-electron chi connectivity index (χ2n) is 25.0. The van der Waals surface area contributed by atoms with Gasteiger partial charge in [0.15, 0.2) is 18.7 Å². The maximum atomic E-state index is 14.7. The van der Waals surface area contributed by atoms with Crippen LogP contribution in [0.4, 0.5) is 0 Å². The number of nitrogens with zero attached hydrogens (tertiary/aromatic N) is 3. The zero-order valence-electron chi connectivity index (χ0n) is 48.6. The monoisotopic (exact) mass is 1040 g/mol. The van der Waals surface area contributed by atoms with Crippen LogP contribution >= 0.6 is 0 Å². The van der Waals surface area contributed by atoms with Crippen molar-refractivity contribution in [1.82, 2.24) is 13.7 Å². The van der Waals surface area contributed by atoms with Crippen LogP contribution in [-0.4, -0.2) is 46.9 Å². The molecule has 75 heavy (non-hydrogen) atoms. The number of phenolic OH excluding ortho intramolecular Hbond substituents is 3. The Bertz CT molecular complexity index is 2590. The summed E-state index contributed by atoms with van der Waals surface area (Å²) in [5, 5.41) is 33.9. The molecule has 414 valence electrons. The second kappa shape index (κ2) is 23.4. The average Bonchev–Trinajstić information content (AvgIpc) is 3.25. The Morgan fingerprint density at radius 1 is 0.400 bits per heavy atom. The topological polar surface area (TPSA) is 206 Å². The number of esters is 3. The number of phenols is 3. The summed E-state index contributed by atoms with van der Waals surface area (Å²) >= 11 is 0. The van der Waals surface area contributed by atoms with Crippen molar-refractivity contribution in [3.8, 4) is 17.2 Å². The van der Waals surface area contributed by atoms with E-state index in [1.165, 1.54) is 20.8 Å². The van der Waals surface area contributed by atoms with Crippen molar-refractivity contribution in [2.24, 2.45) is 17.8 Å². The van der Waals surface area contributed by atoms with E-state index in [0.29, 0.717) is 83.0 Å². The van der Waals surface area contributed by atoms with Gasteiger partial charge in [-0.05, 0) is 145 Å². The van der Waals surface area contributed by atoms with Gasteiger partial charge in [-0.3, -0.25) is 14.4 Å². The summed E-state index contributed by atoms with van der Waals surface area (Å²) in [6.07, 6.45) is -3.43. The quantitative estimate of drug-likeness (QED) is 0.0629. The summed E-state index contributed by atoms with van der Waals surface area (Å²) in [4.78, 5) is 86.6. The van der Waals surface area contributed by atoms with E-state index in [0.717, 1.165) is 0 Å². The van der Waals surface area contributed by atoms with E-state index in [1.54, 1.807) is 57.2 Å². The zero-order valence-corrected chi connectivity index (χ0v) is 48.6. The molecule has 15 nitrogen and oxygen atoms in total. The first-order valence-electron chi connectivity index (χ1n) is 26.5. The highest BCUT2D eigenvalue weighted by Crippen LogP contribution is 2.41. The Kier molecular flexibility index (Phi) is 19.2. The predicted octanol–water partition coefficient (Wildman–Crippen LogP) is 11.4. The number of aromatic nitrogens is 3.